The fourth-order valence-corrected chi connectivity index (χ4v) is 3.02. The van der Waals surface area contributed by atoms with Crippen LogP contribution in [-0.4, -0.2) is 44.5 Å². The molecule has 0 saturated heterocycles. The molecule has 0 radical (unpaired) electrons. The Balaban J connectivity index is 2.11. The fourth-order valence-electron chi connectivity index (χ4n) is 1.96. The number of benzene rings is 1. The second-order valence-electron chi connectivity index (χ2n) is 4.27. The molecule has 2 aromatic rings. The van der Waals surface area contributed by atoms with Gasteiger partial charge in [-0.15, -0.1) is 11.3 Å². The smallest absolute Gasteiger partial charge is 0.263 e. The van der Waals surface area contributed by atoms with E-state index in [2.05, 4.69) is 5.32 Å². The quantitative estimate of drug-likeness (QED) is 0.669. The maximum absolute atomic E-state index is 12.1. The summed E-state index contributed by atoms with van der Waals surface area (Å²) in [5.41, 5.74) is 6.51. The first-order valence-corrected chi connectivity index (χ1v) is 7.32. The lowest BCUT2D eigenvalue weighted by Crippen LogP contribution is -2.27. The summed E-state index contributed by atoms with van der Waals surface area (Å²) in [6, 6.07) is 5.58. The van der Waals surface area contributed by atoms with Crippen molar-refractivity contribution >= 4 is 33.0 Å². The van der Waals surface area contributed by atoms with Gasteiger partial charge in [0, 0.05) is 11.2 Å². The lowest BCUT2D eigenvalue weighted by atomic mass is 10.2. The molecule has 0 bridgehead atoms. The van der Waals surface area contributed by atoms with Gasteiger partial charge in [0.2, 0.25) is 0 Å². The molecule has 0 aliphatic carbocycles. The normalized spacial score (nSPS) is 10.8. The van der Waals surface area contributed by atoms with E-state index in [1.54, 1.807) is 7.11 Å². The molecule has 1 amide bonds. The van der Waals surface area contributed by atoms with Crippen LogP contribution >= 0.6 is 11.3 Å². The number of aliphatic hydroxyl groups excluding tert-OH is 1. The summed E-state index contributed by atoms with van der Waals surface area (Å²) in [6.07, 6.45) is 0. The van der Waals surface area contributed by atoms with E-state index in [1.165, 1.54) is 11.3 Å². The molecule has 4 N–H and O–H groups in total. The lowest BCUT2D eigenvalue weighted by Gasteiger charge is -2.05. The van der Waals surface area contributed by atoms with Gasteiger partial charge in [0.25, 0.3) is 5.91 Å². The van der Waals surface area contributed by atoms with Crippen molar-refractivity contribution in [2.75, 3.05) is 39.2 Å². The Bertz CT molecular complexity index is 627. The molecule has 7 heteroatoms. The van der Waals surface area contributed by atoms with Crippen LogP contribution in [0.5, 0.6) is 5.75 Å². The highest BCUT2D eigenvalue weighted by Gasteiger charge is 2.18. The second kappa shape index (κ2) is 7.26. The minimum absolute atomic E-state index is 0.0308. The van der Waals surface area contributed by atoms with E-state index in [0.717, 1.165) is 10.1 Å². The monoisotopic (exact) mass is 310 g/mol. The van der Waals surface area contributed by atoms with Crippen LogP contribution in [0.25, 0.3) is 10.1 Å². The summed E-state index contributed by atoms with van der Waals surface area (Å²) in [5, 5.41) is 12.1. The van der Waals surface area contributed by atoms with Crippen molar-refractivity contribution in [1.29, 1.82) is 0 Å². The van der Waals surface area contributed by atoms with Crippen molar-refractivity contribution < 1.29 is 19.4 Å². The average molecular weight is 310 g/mol. The van der Waals surface area contributed by atoms with Gasteiger partial charge in [0.05, 0.1) is 38.0 Å². The first-order chi connectivity index (χ1) is 10.2. The molecule has 0 aliphatic heterocycles. The van der Waals surface area contributed by atoms with Gasteiger partial charge in [-0.3, -0.25) is 4.79 Å². The molecule has 1 heterocycles. The molecule has 0 aliphatic rings. The highest BCUT2D eigenvalue weighted by Crippen LogP contribution is 2.39. The van der Waals surface area contributed by atoms with Crippen molar-refractivity contribution in [3.05, 3.63) is 23.1 Å². The minimum atomic E-state index is -0.233. The van der Waals surface area contributed by atoms with Gasteiger partial charge >= 0.3 is 0 Å². The second-order valence-corrected chi connectivity index (χ2v) is 5.32. The Kier molecular flexibility index (Phi) is 5.38. The number of carbonyl (C=O) groups excluding carboxylic acids is 1. The van der Waals surface area contributed by atoms with Crippen molar-refractivity contribution in [1.82, 2.24) is 5.32 Å². The first-order valence-electron chi connectivity index (χ1n) is 6.50. The van der Waals surface area contributed by atoms with Crippen LogP contribution < -0.4 is 15.8 Å². The standard InChI is InChI=1S/C14H18N2O4S/c1-19-9-3-2-4-10-11(9)12(15)13(21-10)14(18)16-5-7-20-8-6-17/h2-4,17H,5-8,15H2,1H3,(H,16,18). The minimum Gasteiger partial charge on any atom is -0.496 e. The molecule has 0 unspecified atom stereocenters. The summed E-state index contributed by atoms with van der Waals surface area (Å²) >= 11 is 1.33. The van der Waals surface area contributed by atoms with Crippen LogP contribution in [0.4, 0.5) is 5.69 Å². The van der Waals surface area contributed by atoms with Crippen molar-refractivity contribution in [2.45, 2.75) is 0 Å². The van der Waals surface area contributed by atoms with E-state index in [1.807, 2.05) is 18.2 Å². The Morgan fingerprint density at radius 3 is 2.95 bits per heavy atom. The molecule has 0 saturated carbocycles. The van der Waals surface area contributed by atoms with Crippen LogP contribution in [0, 0.1) is 0 Å². The number of aliphatic hydroxyl groups is 1. The summed E-state index contributed by atoms with van der Waals surface area (Å²) in [4.78, 5) is 12.6. The molecule has 114 valence electrons. The van der Waals surface area contributed by atoms with Crippen LogP contribution in [0.2, 0.25) is 0 Å². The zero-order valence-corrected chi connectivity index (χ0v) is 12.5. The topological polar surface area (TPSA) is 93.8 Å². The van der Waals surface area contributed by atoms with E-state index in [0.29, 0.717) is 29.5 Å². The predicted molar refractivity (Wildman–Crippen MR) is 83.0 cm³/mol. The van der Waals surface area contributed by atoms with Crippen LogP contribution in [0.15, 0.2) is 18.2 Å². The number of nitrogens with two attached hydrogens (primary N) is 1. The lowest BCUT2D eigenvalue weighted by molar-refractivity contribution is 0.0841. The number of amides is 1. The largest absolute Gasteiger partial charge is 0.496 e. The SMILES string of the molecule is COc1cccc2sc(C(=O)NCCOCCO)c(N)c12. The molecular weight excluding hydrogens is 292 g/mol. The summed E-state index contributed by atoms with van der Waals surface area (Å²) in [6.45, 7) is 0.944. The number of rotatable bonds is 7. The zero-order valence-electron chi connectivity index (χ0n) is 11.7. The average Bonchev–Trinajstić information content (AvgIpc) is 2.84. The molecule has 1 aromatic heterocycles. The molecule has 1 aromatic carbocycles. The third-order valence-corrected chi connectivity index (χ3v) is 4.08. The number of nitrogens with one attached hydrogen (secondary N) is 1. The Morgan fingerprint density at radius 1 is 1.43 bits per heavy atom. The summed E-state index contributed by atoms with van der Waals surface area (Å²) in [7, 11) is 1.57. The van der Waals surface area contributed by atoms with E-state index in [4.69, 9.17) is 20.3 Å². The Labute approximate surface area is 126 Å². The van der Waals surface area contributed by atoms with Crippen molar-refractivity contribution in [3.63, 3.8) is 0 Å². The Morgan fingerprint density at radius 2 is 2.24 bits per heavy atom. The fraction of sp³-hybridized carbons (Fsp3) is 0.357. The number of nitrogen functional groups attached to an aromatic ring is 1. The van der Waals surface area contributed by atoms with Gasteiger partial charge in [0.15, 0.2) is 0 Å². The highest BCUT2D eigenvalue weighted by atomic mass is 32.1. The predicted octanol–water partition coefficient (Wildman–Crippen LogP) is 1.23. The molecule has 21 heavy (non-hydrogen) atoms. The third kappa shape index (κ3) is 3.44. The molecule has 0 spiro atoms. The number of methoxy groups -OCH3 is 1. The number of carbonyl (C=O) groups is 1. The number of anilines is 1. The molecule has 0 atom stereocenters. The first kappa shape index (κ1) is 15.6. The highest BCUT2D eigenvalue weighted by molar-refractivity contribution is 7.21. The van der Waals surface area contributed by atoms with Gasteiger partial charge in [-0.25, -0.2) is 0 Å². The third-order valence-electron chi connectivity index (χ3n) is 2.91. The van der Waals surface area contributed by atoms with Crippen LogP contribution in [0.3, 0.4) is 0 Å². The van der Waals surface area contributed by atoms with Gasteiger partial charge in [0.1, 0.15) is 10.6 Å². The molecule has 2 rings (SSSR count). The Hall–Kier alpha value is -1.83. The van der Waals surface area contributed by atoms with E-state index >= 15 is 0 Å². The maximum Gasteiger partial charge on any atom is 0.263 e. The molecule has 6 nitrogen and oxygen atoms in total. The number of hydrogen-bond donors (Lipinski definition) is 3. The van der Waals surface area contributed by atoms with Gasteiger partial charge in [-0.1, -0.05) is 6.07 Å². The maximum atomic E-state index is 12.1. The van der Waals surface area contributed by atoms with Gasteiger partial charge < -0.3 is 25.6 Å². The number of fused-ring (bicyclic) bond motifs is 1. The van der Waals surface area contributed by atoms with Crippen molar-refractivity contribution in [2.24, 2.45) is 0 Å². The number of thiophene rings is 1. The molecule has 0 fully saturated rings. The van der Waals surface area contributed by atoms with E-state index in [9.17, 15) is 4.79 Å². The van der Waals surface area contributed by atoms with E-state index in [-0.39, 0.29) is 19.1 Å². The van der Waals surface area contributed by atoms with Gasteiger partial charge in [-0.2, -0.15) is 0 Å². The number of hydrogen-bond acceptors (Lipinski definition) is 6. The zero-order chi connectivity index (χ0) is 15.2. The van der Waals surface area contributed by atoms with E-state index < -0.39 is 0 Å². The molecular formula is C14H18N2O4S. The van der Waals surface area contributed by atoms with Crippen LogP contribution in [0.1, 0.15) is 9.67 Å². The van der Waals surface area contributed by atoms with Crippen molar-refractivity contribution in [3.8, 4) is 5.75 Å². The summed E-state index contributed by atoms with van der Waals surface area (Å²) < 4.78 is 11.3. The summed E-state index contributed by atoms with van der Waals surface area (Å²) in [5.74, 6) is 0.426. The van der Waals surface area contributed by atoms with Gasteiger partial charge in [-0.05, 0) is 12.1 Å². The number of ether oxygens (including phenoxy) is 2. The van der Waals surface area contributed by atoms with Crippen LogP contribution in [-0.2, 0) is 4.74 Å².